The van der Waals surface area contributed by atoms with Crippen molar-refractivity contribution in [2.75, 3.05) is 27.8 Å². The summed E-state index contributed by atoms with van der Waals surface area (Å²) in [5.41, 5.74) is 1.91. The number of carbonyl (C=O) groups excluding carboxylic acids is 1. The topological polar surface area (TPSA) is 50.8 Å². The number of amides is 2. The molecule has 0 saturated carbocycles. The van der Waals surface area contributed by atoms with Gasteiger partial charge in [0.25, 0.3) is 0 Å². The monoisotopic (exact) mass is 346 g/mol. The molecule has 6 heteroatoms. The van der Waals surface area contributed by atoms with E-state index in [2.05, 4.69) is 5.32 Å². The maximum absolute atomic E-state index is 12.9. The molecule has 0 aliphatic carbocycles. The van der Waals surface area contributed by atoms with E-state index in [1.807, 2.05) is 18.2 Å². The molecule has 0 aliphatic heterocycles. The SMILES string of the molecule is COc1ccc(CN(C)C(=O)NCCc2ccc(F)cc2)cc1OC. The van der Waals surface area contributed by atoms with Gasteiger partial charge in [-0.15, -0.1) is 0 Å². The number of hydrogen-bond acceptors (Lipinski definition) is 3. The molecule has 0 spiro atoms. The summed E-state index contributed by atoms with van der Waals surface area (Å²) in [6.45, 7) is 0.934. The zero-order chi connectivity index (χ0) is 18.2. The Morgan fingerprint density at radius 2 is 1.68 bits per heavy atom. The number of rotatable bonds is 7. The Balaban J connectivity index is 1.84. The number of ether oxygens (including phenoxy) is 2. The highest BCUT2D eigenvalue weighted by molar-refractivity contribution is 5.73. The molecule has 0 saturated heterocycles. The van der Waals surface area contributed by atoms with Crippen molar-refractivity contribution in [1.82, 2.24) is 10.2 Å². The third kappa shape index (κ3) is 5.38. The molecule has 0 heterocycles. The maximum Gasteiger partial charge on any atom is 0.317 e. The van der Waals surface area contributed by atoms with E-state index in [0.29, 0.717) is 31.0 Å². The van der Waals surface area contributed by atoms with Crippen LogP contribution >= 0.6 is 0 Å². The van der Waals surface area contributed by atoms with E-state index in [0.717, 1.165) is 11.1 Å². The molecular weight excluding hydrogens is 323 g/mol. The number of hydrogen-bond donors (Lipinski definition) is 1. The van der Waals surface area contributed by atoms with Gasteiger partial charge in [-0.1, -0.05) is 18.2 Å². The fourth-order valence-corrected chi connectivity index (χ4v) is 2.42. The van der Waals surface area contributed by atoms with Crippen LogP contribution in [0.2, 0.25) is 0 Å². The molecule has 2 rings (SSSR count). The van der Waals surface area contributed by atoms with E-state index in [9.17, 15) is 9.18 Å². The summed E-state index contributed by atoms with van der Waals surface area (Å²) in [5, 5.41) is 2.85. The zero-order valence-corrected chi connectivity index (χ0v) is 14.7. The van der Waals surface area contributed by atoms with Crippen molar-refractivity contribution in [1.29, 1.82) is 0 Å². The molecule has 0 radical (unpaired) electrons. The number of nitrogens with one attached hydrogen (secondary N) is 1. The van der Waals surface area contributed by atoms with Crippen LogP contribution in [0.25, 0.3) is 0 Å². The minimum absolute atomic E-state index is 0.170. The predicted molar refractivity (Wildman–Crippen MR) is 94.5 cm³/mol. The van der Waals surface area contributed by atoms with Gasteiger partial charge in [-0.05, 0) is 41.8 Å². The van der Waals surface area contributed by atoms with E-state index in [-0.39, 0.29) is 11.8 Å². The second kappa shape index (κ2) is 8.92. The van der Waals surface area contributed by atoms with E-state index in [1.54, 1.807) is 38.3 Å². The standard InChI is InChI=1S/C19H23FN2O3/c1-22(13-15-6-9-17(24-2)18(12-15)25-3)19(23)21-11-10-14-4-7-16(20)8-5-14/h4-9,12H,10-11,13H2,1-3H3,(H,21,23). The maximum atomic E-state index is 12.9. The first-order valence-corrected chi connectivity index (χ1v) is 7.97. The third-order valence-corrected chi connectivity index (χ3v) is 3.82. The lowest BCUT2D eigenvalue weighted by atomic mass is 10.1. The molecule has 0 aromatic heterocycles. The van der Waals surface area contributed by atoms with Crippen LogP contribution in [0.4, 0.5) is 9.18 Å². The fourth-order valence-electron chi connectivity index (χ4n) is 2.42. The van der Waals surface area contributed by atoms with Gasteiger partial charge in [0, 0.05) is 20.1 Å². The second-order valence-corrected chi connectivity index (χ2v) is 5.65. The van der Waals surface area contributed by atoms with Crippen molar-refractivity contribution in [2.24, 2.45) is 0 Å². The molecule has 1 N–H and O–H groups in total. The average molecular weight is 346 g/mol. The van der Waals surface area contributed by atoms with Gasteiger partial charge in [-0.25, -0.2) is 9.18 Å². The van der Waals surface area contributed by atoms with Crippen LogP contribution in [-0.4, -0.2) is 38.7 Å². The predicted octanol–water partition coefficient (Wildman–Crippen LogP) is 3.23. The third-order valence-electron chi connectivity index (χ3n) is 3.82. The van der Waals surface area contributed by atoms with Gasteiger partial charge in [0.2, 0.25) is 0 Å². The van der Waals surface area contributed by atoms with Crippen LogP contribution < -0.4 is 14.8 Å². The molecule has 2 aromatic rings. The highest BCUT2D eigenvalue weighted by Crippen LogP contribution is 2.27. The summed E-state index contributed by atoms with van der Waals surface area (Å²) in [7, 11) is 4.88. The Hall–Kier alpha value is -2.76. The van der Waals surface area contributed by atoms with Crippen molar-refractivity contribution in [3.8, 4) is 11.5 Å². The molecule has 0 aliphatic rings. The van der Waals surface area contributed by atoms with Gasteiger partial charge in [0.1, 0.15) is 5.82 Å². The molecule has 2 amide bonds. The van der Waals surface area contributed by atoms with Crippen LogP contribution in [0, 0.1) is 5.82 Å². The van der Waals surface area contributed by atoms with E-state index in [1.165, 1.54) is 12.1 Å². The van der Waals surface area contributed by atoms with Crippen LogP contribution in [0.5, 0.6) is 11.5 Å². The lowest BCUT2D eigenvalue weighted by Crippen LogP contribution is -2.37. The molecule has 25 heavy (non-hydrogen) atoms. The first-order chi connectivity index (χ1) is 12.0. The number of methoxy groups -OCH3 is 2. The molecule has 0 fully saturated rings. The second-order valence-electron chi connectivity index (χ2n) is 5.65. The molecule has 2 aromatic carbocycles. The summed E-state index contributed by atoms with van der Waals surface area (Å²) in [6.07, 6.45) is 0.649. The molecule has 0 bridgehead atoms. The highest BCUT2D eigenvalue weighted by atomic mass is 19.1. The first-order valence-electron chi connectivity index (χ1n) is 7.97. The normalized spacial score (nSPS) is 10.2. The van der Waals surface area contributed by atoms with Gasteiger partial charge in [0.15, 0.2) is 11.5 Å². The molecule has 0 atom stereocenters. The quantitative estimate of drug-likeness (QED) is 0.837. The van der Waals surface area contributed by atoms with Crippen molar-refractivity contribution in [2.45, 2.75) is 13.0 Å². The van der Waals surface area contributed by atoms with Gasteiger partial charge in [0.05, 0.1) is 14.2 Å². The lowest BCUT2D eigenvalue weighted by molar-refractivity contribution is 0.207. The summed E-state index contributed by atoms with van der Waals surface area (Å²) in [6, 6.07) is 11.7. The van der Waals surface area contributed by atoms with Gasteiger partial charge in [-0.3, -0.25) is 0 Å². The number of urea groups is 1. The van der Waals surface area contributed by atoms with Gasteiger partial charge < -0.3 is 19.7 Å². The largest absolute Gasteiger partial charge is 0.493 e. The minimum atomic E-state index is -0.262. The Morgan fingerprint density at radius 3 is 2.32 bits per heavy atom. The average Bonchev–Trinajstić information content (AvgIpc) is 2.63. The summed E-state index contributed by atoms with van der Waals surface area (Å²) < 4.78 is 23.3. The Bertz CT molecular complexity index is 704. The summed E-state index contributed by atoms with van der Waals surface area (Å²) >= 11 is 0. The summed E-state index contributed by atoms with van der Waals surface area (Å²) in [4.78, 5) is 13.8. The number of benzene rings is 2. The number of nitrogens with zero attached hydrogens (tertiary/aromatic N) is 1. The zero-order valence-electron chi connectivity index (χ0n) is 14.7. The minimum Gasteiger partial charge on any atom is -0.493 e. The number of halogens is 1. The highest BCUT2D eigenvalue weighted by Gasteiger charge is 2.11. The van der Waals surface area contributed by atoms with E-state index in [4.69, 9.17) is 9.47 Å². The number of carbonyl (C=O) groups is 1. The van der Waals surface area contributed by atoms with E-state index < -0.39 is 0 Å². The van der Waals surface area contributed by atoms with Crippen LogP contribution in [0.1, 0.15) is 11.1 Å². The van der Waals surface area contributed by atoms with Crippen molar-refractivity contribution >= 4 is 6.03 Å². The van der Waals surface area contributed by atoms with Crippen LogP contribution in [0.15, 0.2) is 42.5 Å². The van der Waals surface area contributed by atoms with Crippen molar-refractivity contribution in [3.63, 3.8) is 0 Å². The van der Waals surface area contributed by atoms with Crippen LogP contribution in [0.3, 0.4) is 0 Å². The van der Waals surface area contributed by atoms with Gasteiger partial charge in [-0.2, -0.15) is 0 Å². The lowest BCUT2D eigenvalue weighted by Gasteiger charge is -2.19. The van der Waals surface area contributed by atoms with Crippen LogP contribution in [-0.2, 0) is 13.0 Å². The molecule has 0 unspecified atom stereocenters. The molecule has 5 nitrogen and oxygen atoms in total. The van der Waals surface area contributed by atoms with Crippen molar-refractivity contribution < 1.29 is 18.7 Å². The van der Waals surface area contributed by atoms with E-state index >= 15 is 0 Å². The Morgan fingerprint density at radius 1 is 1.04 bits per heavy atom. The molecular formula is C19H23FN2O3. The smallest absolute Gasteiger partial charge is 0.317 e. The Kier molecular flexibility index (Phi) is 6.62. The summed E-state index contributed by atoms with van der Waals surface area (Å²) in [5.74, 6) is 1.02. The Labute approximate surface area is 147 Å². The molecule has 134 valence electrons. The van der Waals surface area contributed by atoms with Gasteiger partial charge >= 0.3 is 6.03 Å². The van der Waals surface area contributed by atoms with Crippen molar-refractivity contribution in [3.05, 3.63) is 59.4 Å². The fraction of sp³-hybridized carbons (Fsp3) is 0.316. The first kappa shape index (κ1) is 18.6.